The SMILES string of the molecule is O=C(O)CCCN1C=CC2=C(C=CC(c3ccc(OCc4cccc(F)c4)cc3)N2)C1. The van der Waals surface area contributed by atoms with E-state index in [2.05, 4.69) is 22.4 Å². The summed E-state index contributed by atoms with van der Waals surface area (Å²) in [4.78, 5) is 12.8. The third-order valence-electron chi connectivity index (χ3n) is 5.34. The second kappa shape index (κ2) is 9.51. The van der Waals surface area contributed by atoms with Crippen molar-refractivity contribution >= 4 is 5.97 Å². The number of hydrogen-bond acceptors (Lipinski definition) is 4. The van der Waals surface area contributed by atoms with Gasteiger partial charge in [-0.1, -0.05) is 36.4 Å². The maximum absolute atomic E-state index is 13.3. The van der Waals surface area contributed by atoms with Gasteiger partial charge in [-0.3, -0.25) is 4.79 Å². The molecule has 0 spiro atoms. The molecule has 0 bridgehead atoms. The summed E-state index contributed by atoms with van der Waals surface area (Å²) in [6.07, 6.45) is 9.17. The average molecular weight is 420 g/mol. The van der Waals surface area contributed by atoms with Crippen LogP contribution < -0.4 is 10.1 Å². The molecule has 0 aliphatic carbocycles. The summed E-state index contributed by atoms with van der Waals surface area (Å²) in [5.41, 5.74) is 4.21. The van der Waals surface area contributed by atoms with Crippen molar-refractivity contribution in [3.8, 4) is 5.75 Å². The summed E-state index contributed by atoms with van der Waals surface area (Å²) >= 11 is 0. The van der Waals surface area contributed by atoms with Crippen LogP contribution in [0.4, 0.5) is 4.39 Å². The van der Waals surface area contributed by atoms with Crippen LogP contribution in [0.25, 0.3) is 0 Å². The van der Waals surface area contributed by atoms with E-state index in [1.165, 1.54) is 17.7 Å². The molecule has 0 aromatic heterocycles. The molecule has 0 fully saturated rings. The molecule has 31 heavy (non-hydrogen) atoms. The maximum Gasteiger partial charge on any atom is 0.303 e. The quantitative estimate of drug-likeness (QED) is 0.656. The summed E-state index contributed by atoms with van der Waals surface area (Å²) in [6, 6.07) is 14.4. The molecule has 1 unspecified atom stereocenters. The molecule has 160 valence electrons. The Kier molecular flexibility index (Phi) is 6.36. The fourth-order valence-electron chi connectivity index (χ4n) is 3.70. The van der Waals surface area contributed by atoms with Crippen LogP contribution in [0.3, 0.4) is 0 Å². The smallest absolute Gasteiger partial charge is 0.303 e. The first-order valence-electron chi connectivity index (χ1n) is 10.4. The van der Waals surface area contributed by atoms with E-state index < -0.39 is 5.97 Å². The topological polar surface area (TPSA) is 61.8 Å². The highest BCUT2D eigenvalue weighted by molar-refractivity contribution is 5.66. The molecule has 2 aliphatic heterocycles. The first-order chi connectivity index (χ1) is 15.1. The molecular formula is C25H25FN2O3. The van der Waals surface area contributed by atoms with E-state index in [0.717, 1.165) is 35.7 Å². The van der Waals surface area contributed by atoms with E-state index in [1.54, 1.807) is 6.07 Å². The number of benzene rings is 2. The fraction of sp³-hybridized carbons (Fsp3) is 0.240. The maximum atomic E-state index is 13.3. The summed E-state index contributed by atoms with van der Waals surface area (Å²) in [7, 11) is 0. The molecule has 0 radical (unpaired) electrons. The van der Waals surface area contributed by atoms with Gasteiger partial charge in [-0.15, -0.1) is 0 Å². The van der Waals surface area contributed by atoms with Gasteiger partial charge >= 0.3 is 5.97 Å². The number of rotatable bonds is 8. The van der Waals surface area contributed by atoms with Crippen molar-refractivity contribution in [3.63, 3.8) is 0 Å². The number of halogens is 1. The second-order valence-electron chi connectivity index (χ2n) is 7.69. The van der Waals surface area contributed by atoms with Crippen LogP contribution in [-0.2, 0) is 11.4 Å². The molecule has 2 aromatic rings. The third kappa shape index (κ3) is 5.54. The molecule has 0 saturated carbocycles. The number of nitrogens with one attached hydrogen (secondary N) is 1. The van der Waals surface area contributed by atoms with Gasteiger partial charge in [0.1, 0.15) is 18.2 Å². The number of allylic oxidation sites excluding steroid dienone is 1. The summed E-state index contributed by atoms with van der Waals surface area (Å²) in [6.45, 7) is 1.82. The Hall–Kier alpha value is -3.54. The van der Waals surface area contributed by atoms with Crippen molar-refractivity contribution in [1.82, 2.24) is 10.2 Å². The predicted molar refractivity (Wildman–Crippen MR) is 117 cm³/mol. The van der Waals surface area contributed by atoms with E-state index in [9.17, 15) is 9.18 Å². The lowest BCUT2D eigenvalue weighted by Gasteiger charge is -2.31. The Morgan fingerprint density at radius 1 is 1.19 bits per heavy atom. The molecule has 5 nitrogen and oxygen atoms in total. The molecule has 6 heteroatoms. The Labute approximate surface area is 181 Å². The molecule has 1 atom stereocenters. The molecule has 2 aliphatic rings. The average Bonchev–Trinajstić information content (AvgIpc) is 2.77. The molecule has 2 heterocycles. The number of nitrogens with zero attached hydrogens (tertiary/aromatic N) is 1. The van der Waals surface area contributed by atoms with Gasteiger partial charge in [0.15, 0.2) is 0 Å². The van der Waals surface area contributed by atoms with Crippen LogP contribution in [0.1, 0.15) is 30.0 Å². The highest BCUT2D eigenvalue weighted by atomic mass is 19.1. The summed E-state index contributed by atoms with van der Waals surface area (Å²) in [5.74, 6) is -0.281. The molecule has 2 aromatic carbocycles. The van der Waals surface area contributed by atoms with Gasteiger partial charge in [-0.2, -0.15) is 0 Å². The van der Waals surface area contributed by atoms with Gasteiger partial charge in [0.05, 0.1) is 6.04 Å². The Morgan fingerprint density at radius 2 is 2.03 bits per heavy atom. The number of dihydropyridines is 1. The molecule has 0 amide bonds. The van der Waals surface area contributed by atoms with Gasteiger partial charge in [-0.05, 0) is 53.5 Å². The number of ether oxygens (including phenoxy) is 1. The van der Waals surface area contributed by atoms with E-state index in [4.69, 9.17) is 9.84 Å². The first kappa shape index (κ1) is 20.7. The molecule has 0 saturated heterocycles. The highest BCUT2D eigenvalue weighted by Crippen LogP contribution is 2.27. The lowest BCUT2D eigenvalue weighted by Crippen LogP contribution is -2.31. The monoisotopic (exact) mass is 420 g/mol. The van der Waals surface area contributed by atoms with E-state index in [0.29, 0.717) is 13.0 Å². The van der Waals surface area contributed by atoms with Crippen LogP contribution >= 0.6 is 0 Å². The van der Waals surface area contributed by atoms with E-state index in [-0.39, 0.29) is 18.3 Å². The zero-order valence-corrected chi connectivity index (χ0v) is 17.1. The summed E-state index contributed by atoms with van der Waals surface area (Å²) in [5, 5.41) is 12.3. The lowest BCUT2D eigenvalue weighted by molar-refractivity contribution is -0.137. The number of carboxylic acid groups (broad SMARTS) is 1. The largest absolute Gasteiger partial charge is 0.489 e. The van der Waals surface area contributed by atoms with Gasteiger partial charge < -0.3 is 20.1 Å². The van der Waals surface area contributed by atoms with Crippen LogP contribution in [0.2, 0.25) is 0 Å². The minimum atomic E-state index is -0.756. The van der Waals surface area contributed by atoms with Crippen LogP contribution in [0, 0.1) is 5.82 Å². The summed E-state index contributed by atoms with van der Waals surface area (Å²) < 4.78 is 19.0. The van der Waals surface area contributed by atoms with E-state index >= 15 is 0 Å². The Morgan fingerprint density at radius 3 is 2.81 bits per heavy atom. The first-order valence-corrected chi connectivity index (χ1v) is 10.4. The van der Waals surface area contributed by atoms with Crippen LogP contribution in [0.5, 0.6) is 5.75 Å². The normalized spacial score (nSPS) is 17.3. The van der Waals surface area contributed by atoms with Gasteiger partial charge in [0, 0.05) is 31.4 Å². The zero-order valence-electron chi connectivity index (χ0n) is 17.1. The van der Waals surface area contributed by atoms with Crippen molar-refractivity contribution < 1.29 is 19.0 Å². The Bertz CT molecular complexity index is 1030. The van der Waals surface area contributed by atoms with Crippen molar-refractivity contribution in [2.24, 2.45) is 0 Å². The van der Waals surface area contributed by atoms with E-state index in [1.807, 2.05) is 42.6 Å². The molecule has 4 rings (SSSR count). The van der Waals surface area contributed by atoms with Gasteiger partial charge in [-0.25, -0.2) is 4.39 Å². The van der Waals surface area contributed by atoms with Crippen molar-refractivity contribution in [2.75, 3.05) is 13.1 Å². The zero-order chi connectivity index (χ0) is 21.6. The van der Waals surface area contributed by atoms with Crippen molar-refractivity contribution in [2.45, 2.75) is 25.5 Å². The third-order valence-corrected chi connectivity index (χ3v) is 5.34. The minimum Gasteiger partial charge on any atom is -0.489 e. The van der Waals surface area contributed by atoms with Crippen molar-refractivity contribution in [3.05, 3.63) is 101 Å². The molecular weight excluding hydrogens is 395 g/mol. The number of carboxylic acids is 1. The fourth-order valence-corrected chi connectivity index (χ4v) is 3.70. The number of aliphatic carboxylic acids is 1. The van der Waals surface area contributed by atoms with Crippen LogP contribution in [-0.4, -0.2) is 29.1 Å². The standard InChI is InChI=1S/C25H25FN2O3/c26-21-4-1-3-18(15-21)17-31-22-9-6-19(7-10-22)23-11-8-20-16-28(13-2-5-25(29)30)14-12-24(20)27-23/h1,3-4,6-12,14-15,23,27H,2,5,13,16-17H2,(H,29,30). The van der Waals surface area contributed by atoms with Crippen LogP contribution in [0.15, 0.2) is 84.2 Å². The lowest BCUT2D eigenvalue weighted by atomic mass is 9.98. The van der Waals surface area contributed by atoms with Crippen molar-refractivity contribution in [1.29, 1.82) is 0 Å². The number of hydrogen-bond donors (Lipinski definition) is 2. The predicted octanol–water partition coefficient (Wildman–Crippen LogP) is 4.55. The minimum absolute atomic E-state index is 0.0687. The van der Waals surface area contributed by atoms with Gasteiger partial charge in [0.25, 0.3) is 0 Å². The highest BCUT2D eigenvalue weighted by Gasteiger charge is 2.19. The number of carbonyl (C=O) groups is 1. The van der Waals surface area contributed by atoms with Gasteiger partial charge in [0.2, 0.25) is 0 Å². The Balaban J connectivity index is 1.31. The second-order valence-corrected chi connectivity index (χ2v) is 7.69. The molecule has 2 N–H and O–H groups in total.